The minimum atomic E-state index is -0.246. The Morgan fingerprint density at radius 3 is 2.71 bits per heavy atom. The van der Waals surface area contributed by atoms with Crippen LogP contribution < -0.4 is 0 Å². The molecule has 3 aromatic rings. The molecule has 0 saturated carbocycles. The summed E-state index contributed by atoms with van der Waals surface area (Å²) in [7, 11) is 0. The molecule has 0 aliphatic rings. The van der Waals surface area contributed by atoms with Crippen molar-refractivity contribution in [1.82, 2.24) is 14.7 Å². The monoisotopic (exact) mass is 325 g/mol. The Hall–Kier alpha value is -2.86. The summed E-state index contributed by atoms with van der Waals surface area (Å²) in [5, 5.41) is 13.6. The van der Waals surface area contributed by atoms with Gasteiger partial charge >= 0.3 is 0 Å². The molecule has 0 aliphatic carbocycles. The largest absolute Gasteiger partial charge is 0.459 e. The van der Waals surface area contributed by atoms with E-state index in [-0.39, 0.29) is 24.8 Å². The highest BCUT2D eigenvalue weighted by Gasteiger charge is 2.18. The normalized spacial score (nSPS) is 10.7. The van der Waals surface area contributed by atoms with E-state index >= 15 is 0 Å². The van der Waals surface area contributed by atoms with Crippen LogP contribution in [0.4, 0.5) is 0 Å². The topological polar surface area (TPSA) is 71.5 Å². The average molecular weight is 325 g/mol. The highest BCUT2D eigenvalue weighted by molar-refractivity contribution is 5.91. The van der Waals surface area contributed by atoms with Crippen molar-refractivity contribution in [2.75, 3.05) is 13.2 Å². The molecule has 0 unspecified atom stereocenters. The van der Waals surface area contributed by atoms with Gasteiger partial charge in [-0.15, -0.1) is 0 Å². The van der Waals surface area contributed by atoms with E-state index in [4.69, 9.17) is 4.42 Å². The first-order valence-corrected chi connectivity index (χ1v) is 7.75. The summed E-state index contributed by atoms with van der Waals surface area (Å²) in [4.78, 5) is 13.9. The number of hydrogen-bond acceptors (Lipinski definition) is 4. The second-order valence-electron chi connectivity index (χ2n) is 5.46. The fraction of sp³-hybridized carbons (Fsp3) is 0.222. The number of carbonyl (C=O) groups is 1. The molecule has 0 spiro atoms. The summed E-state index contributed by atoms with van der Waals surface area (Å²) in [5.41, 5.74) is 2.06. The van der Waals surface area contributed by atoms with Crippen LogP contribution in [0.1, 0.15) is 21.7 Å². The third-order valence-electron chi connectivity index (χ3n) is 3.64. The molecule has 1 N–H and O–H groups in total. The van der Waals surface area contributed by atoms with Crippen molar-refractivity contribution in [2.24, 2.45) is 0 Å². The maximum atomic E-state index is 12.4. The lowest BCUT2D eigenvalue weighted by molar-refractivity contribution is 0.0676. The maximum Gasteiger partial charge on any atom is 0.289 e. The zero-order valence-corrected chi connectivity index (χ0v) is 13.2. The highest BCUT2D eigenvalue weighted by Crippen LogP contribution is 2.11. The Labute approximate surface area is 139 Å². The fourth-order valence-electron chi connectivity index (χ4n) is 2.49. The van der Waals surface area contributed by atoms with Crippen LogP contribution in [0.5, 0.6) is 0 Å². The summed E-state index contributed by atoms with van der Waals surface area (Å²) >= 11 is 0. The summed E-state index contributed by atoms with van der Waals surface area (Å²) < 4.78 is 6.98. The minimum absolute atomic E-state index is 0.107. The Bertz CT molecular complexity index is 766. The van der Waals surface area contributed by atoms with Gasteiger partial charge in [-0.05, 0) is 17.7 Å². The zero-order valence-electron chi connectivity index (χ0n) is 13.2. The van der Waals surface area contributed by atoms with Gasteiger partial charge in [0.2, 0.25) is 0 Å². The summed E-state index contributed by atoms with van der Waals surface area (Å²) in [5.74, 6) is 0.0185. The van der Waals surface area contributed by atoms with E-state index in [9.17, 15) is 9.90 Å². The van der Waals surface area contributed by atoms with Crippen molar-refractivity contribution in [3.63, 3.8) is 0 Å². The number of amides is 1. The standard InChI is InChI=1S/C18H19N3O3/c22-9-8-20(18(23)17-7-4-10-24-17)12-16-11-19-21(14-16)13-15-5-2-1-3-6-15/h1-7,10-11,14,22H,8-9,12-13H2. The first-order chi connectivity index (χ1) is 11.8. The molecular weight excluding hydrogens is 306 g/mol. The zero-order chi connectivity index (χ0) is 16.8. The van der Waals surface area contributed by atoms with Crippen LogP contribution in [-0.2, 0) is 13.1 Å². The van der Waals surface area contributed by atoms with Crippen LogP contribution in [0, 0.1) is 0 Å². The molecule has 3 rings (SSSR count). The third-order valence-corrected chi connectivity index (χ3v) is 3.64. The highest BCUT2D eigenvalue weighted by atomic mass is 16.3. The van der Waals surface area contributed by atoms with Crippen LogP contribution in [0.3, 0.4) is 0 Å². The Kier molecular flexibility index (Phi) is 5.08. The van der Waals surface area contributed by atoms with Gasteiger partial charge in [0, 0.05) is 24.8 Å². The van der Waals surface area contributed by atoms with Gasteiger partial charge in [0.25, 0.3) is 5.91 Å². The molecule has 0 atom stereocenters. The van der Waals surface area contributed by atoms with Gasteiger partial charge in [-0.25, -0.2) is 0 Å². The molecule has 0 saturated heterocycles. The molecule has 24 heavy (non-hydrogen) atoms. The smallest absolute Gasteiger partial charge is 0.289 e. The number of aromatic nitrogens is 2. The van der Waals surface area contributed by atoms with Crippen LogP contribution in [-0.4, -0.2) is 38.8 Å². The fourth-order valence-corrected chi connectivity index (χ4v) is 2.49. The van der Waals surface area contributed by atoms with Gasteiger partial charge in [0.1, 0.15) is 0 Å². The number of carbonyl (C=O) groups excluding carboxylic acids is 1. The van der Waals surface area contributed by atoms with Gasteiger partial charge in [-0.3, -0.25) is 9.48 Å². The van der Waals surface area contributed by atoms with Gasteiger partial charge in [-0.2, -0.15) is 5.10 Å². The van der Waals surface area contributed by atoms with Gasteiger partial charge in [0.05, 0.1) is 25.6 Å². The van der Waals surface area contributed by atoms with Crippen LogP contribution >= 0.6 is 0 Å². The molecular formula is C18H19N3O3. The lowest BCUT2D eigenvalue weighted by Crippen LogP contribution is -2.32. The molecule has 2 aromatic heterocycles. The quantitative estimate of drug-likeness (QED) is 0.722. The van der Waals surface area contributed by atoms with E-state index < -0.39 is 0 Å². The van der Waals surface area contributed by atoms with Crippen molar-refractivity contribution in [1.29, 1.82) is 0 Å². The molecule has 0 radical (unpaired) electrons. The number of rotatable bonds is 7. The maximum absolute atomic E-state index is 12.4. The third kappa shape index (κ3) is 3.91. The van der Waals surface area contributed by atoms with E-state index in [1.165, 1.54) is 6.26 Å². The first-order valence-electron chi connectivity index (χ1n) is 7.75. The SMILES string of the molecule is O=C(c1ccco1)N(CCO)Cc1cnn(Cc2ccccc2)c1. The van der Waals surface area contributed by atoms with Crippen molar-refractivity contribution >= 4 is 5.91 Å². The molecule has 0 fully saturated rings. The Balaban J connectivity index is 1.68. The molecule has 1 aromatic carbocycles. The molecule has 1 amide bonds. The van der Waals surface area contributed by atoms with Crippen LogP contribution in [0.2, 0.25) is 0 Å². The molecule has 2 heterocycles. The van der Waals surface area contributed by atoms with Crippen molar-refractivity contribution in [2.45, 2.75) is 13.1 Å². The van der Waals surface area contributed by atoms with Crippen molar-refractivity contribution in [3.8, 4) is 0 Å². The molecule has 6 heteroatoms. The van der Waals surface area contributed by atoms with Gasteiger partial charge < -0.3 is 14.4 Å². The second-order valence-corrected chi connectivity index (χ2v) is 5.46. The number of aliphatic hydroxyl groups excluding tert-OH is 1. The van der Waals surface area contributed by atoms with Crippen LogP contribution in [0.25, 0.3) is 0 Å². The predicted octanol–water partition coefficient (Wildman–Crippen LogP) is 2.16. The molecule has 0 bridgehead atoms. The molecule has 124 valence electrons. The number of benzene rings is 1. The molecule has 6 nitrogen and oxygen atoms in total. The minimum Gasteiger partial charge on any atom is -0.459 e. The van der Waals surface area contributed by atoms with Gasteiger partial charge in [0.15, 0.2) is 5.76 Å². The second kappa shape index (κ2) is 7.61. The number of hydrogen-bond donors (Lipinski definition) is 1. The van der Waals surface area contributed by atoms with Crippen molar-refractivity contribution in [3.05, 3.63) is 78.0 Å². The Morgan fingerprint density at radius 1 is 1.17 bits per heavy atom. The summed E-state index contributed by atoms with van der Waals surface area (Å²) in [6, 6.07) is 13.3. The van der Waals surface area contributed by atoms with E-state index in [1.807, 2.05) is 41.2 Å². The number of aliphatic hydroxyl groups is 1. The van der Waals surface area contributed by atoms with E-state index in [1.54, 1.807) is 23.2 Å². The molecule has 0 aliphatic heterocycles. The van der Waals surface area contributed by atoms with E-state index in [0.29, 0.717) is 13.1 Å². The summed E-state index contributed by atoms with van der Waals surface area (Å²) in [6.45, 7) is 1.18. The van der Waals surface area contributed by atoms with Gasteiger partial charge in [-0.1, -0.05) is 30.3 Å². The predicted molar refractivity (Wildman–Crippen MR) is 88.3 cm³/mol. The van der Waals surface area contributed by atoms with E-state index in [0.717, 1.165) is 11.1 Å². The lowest BCUT2D eigenvalue weighted by atomic mass is 10.2. The average Bonchev–Trinajstić information content (AvgIpc) is 3.27. The number of nitrogens with zero attached hydrogens (tertiary/aromatic N) is 3. The first kappa shape index (κ1) is 16.0. The number of furan rings is 1. The van der Waals surface area contributed by atoms with Crippen molar-refractivity contribution < 1.29 is 14.3 Å². The van der Waals surface area contributed by atoms with E-state index in [2.05, 4.69) is 5.10 Å². The lowest BCUT2D eigenvalue weighted by Gasteiger charge is -2.19. The Morgan fingerprint density at radius 2 is 2.00 bits per heavy atom. The summed E-state index contributed by atoms with van der Waals surface area (Å²) in [6.07, 6.45) is 5.11. The van der Waals surface area contributed by atoms with Crippen LogP contribution in [0.15, 0.2) is 65.5 Å².